The maximum absolute atomic E-state index is 11.9. The molecule has 3 heterocycles. The molecule has 140 valence electrons. The lowest BCUT2D eigenvalue weighted by molar-refractivity contribution is 0.0988. The second kappa shape index (κ2) is 7.31. The van der Waals surface area contributed by atoms with Crippen LogP contribution in [-0.2, 0) is 0 Å². The number of hydrogen-bond donors (Lipinski definition) is 1. The number of aromatic nitrogens is 5. The molecule has 4 rings (SSSR count). The minimum Gasteiger partial charge on any atom is -0.438 e. The number of nitrogens with one attached hydrogen (secondary N) is 1. The molecule has 4 aromatic rings. The molecule has 9 nitrogen and oxygen atoms in total. The number of carbonyl (C=O) groups is 1. The highest BCUT2D eigenvalue weighted by Gasteiger charge is 2.10. The molecule has 0 aliphatic rings. The zero-order chi connectivity index (χ0) is 19.5. The summed E-state index contributed by atoms with van der Waals surface area (Å²) in [6.45, 7) is 3.88. The first kappa shape index (κ1) is 17.4. The molecule has 0 saturated carbocycles. The Morgan fingerprint density at radius 3 is 2.50 bits per heavy atom. The summed E-state index contributed by atoms with van der Waals surface area (Å²) >= 11 is 0. The van der Waals surface area contributed by atoms with Gasteiger partial charge in [0.15, 0.2) is 5.82 Å². The molecule has 0 fully saturated rings. The van der Waals surface area contributed by atoms with Gasteiger partial charge >= 0.3 is 0 Å². The van der Waals surface area contributed by atoms with E-state index in [1.807, 2.05) is 19.9 Å². The Kier molecular flexibility index (Phi) is 4.55. The summed E-state index contributed by atoms with van der Waals surface area (Å²) in [5.41, 5.74) is 2.48. The van der Waals surface area contributed by atoms with Crippen molar-refractivity contribution >= 4 is 11.6 Å². The first-order chi connectivity index (χ1) is 13.6. The van der Waals surface area contributed by atoms with E-state index in [2.05, 4.69) is 25.8 Å². The van der Waals surface area contributed by atoms with Crippen LogP contribution in [0.1, 0.15) is 21.9 Å². The lowest BCUT2D eigenvalue weighted by Crippen LogP contribution is -2.10. The fourth-order valence-electron chi connectivity index (χ4n) is 2.59. The van der Waals surface area contributed by atoms with E-state index in [1.165, 1.54) is 12.3 Å². The Morgan fingerprint density at radius 1 is 1.07 bits per heavy atom. The van der Waals surface area contributed by atoms with E-state index in [1.54, 1.807) is 41.1 Å². The zero-order valence-electron chi connectivity index (χ0n) is 15.2. The smallest absolute Gasteiger partial charge is 0.294 e. The number of benzene rings is 1. The lowest BCUT2D eigenvalue weighted by atomic mass is 10.3. The Balaban J connectivity index is 1.41. The van der Waals surface area contributed by atoms with Crippen molar-refractivity contribution < 1.29 is 14.1 Å². The number of rotatable bonds is 5. The summed E-state index contributed by atoms with van der Waals surface area (Å²) in [5, 5.41) is 18.8. The summed E-state index contributed by atoms with van der Waals surface area (Å²) in [4.78, 5) is 11.9. The summed E-state index contributed by atoms with van der Waals surface area (Å²) < 4.78 is 12.2. The van der Waals surface area contributed by atoms with E-state index in [0.717, 1.165) is 11.4 Å². The summed E-state index contributed by atoms with van der Waals surface area (Å²) in [7, 11) is 0. The van der Waals surface area contributed by atoms with E-state index >= 15 is 0 Å². The zero-order valence-corrected chi connectivity index (χ0v) is 15.2. The summed E-state index contributed by atoms with van der Waals surface area (Å²) in [5.74, 6) is 1.29. The van der Waals surface area contributed by atoms with Gasteiger partial charge in [0.05, 0.1) is 11.9 Å². The number of aryl methyl sites for hydroxylation is 2. The van der Waals surface area contributed by atoms with Crippen LogP contribution in [0.5, 0.6) is 11.6 Å². The van der Waals surface area contributed by atoms with Crippen molar-refractivity contribution in [2.45, 2.75) is 13.8 Å². The van der Waals surface area contributed by atoms with Gasteiger partial charge in [-0.05, 0) is 50.2 Å². The molecule has 28 heavy (non-hydrogen) atoms. The maximum atomic E-state index is 11.9. The van der Waals surface area contributed by atoms with Gasteiger partial charge in [0.25, 0.3) is 5.91 Å². The van der Waals surface area contributed by atoms with Gasteiger partial charge in [0, 0.05) is 23.5 Å². The lowest BCUT2D eigenvalue weighted by Gasteiger charge is -2.07. The predicted octanol–water partition coefficient (Wildman–Crippen LogP) is 3.31. The number of anilines is 1. The minimum atomic E-state index is -0.378. The van der Waals surface area contributed by atoms with Crippen molar-refractivity contribution in [1.29, 1.82) is 0 Å². The molecule has 0 spiro atoms. The highest BCUT2D eigenvalue weighted by Crippen LogP contribution is 2.22. The SMILES string of the molecule is Cc1cc(C)n(-c2ccc(Oc3ccc(NC(=O)c4ccno4)cc3)nn2)n1. The topological polar surface area (TPSA) is 108 Å². The van der Waals surface area contributed by atoms with Gasteiger partial charge in [-0.15, -0.1) is 10.2 Å². The van der Waals surface area contributed by atoms with Crippen LogP contribution in [0.4, 0.5) is 5.69 Å². The highest BCUT2D eigenvalue weighted by atomic mass is 16.5. The van der Waals surface area contributed by atoms with Crippen molar-refractivity contribution in [3.05, 3.63) is 71.9 Å². The predicted molar refractivity (Wildman–Crippen MR) is 99.6 cm³/mol. The van der Waals surface area contributed by atoms with E-state index in [-0.39, 0.29) is 11.7 Å². The fraction of sp³-hybridized carbons (Fsp3) is 0.105. The van der Waals surface area contributed by atoms with Gasteiger partial charge in [0.1, 0.15) is 5.75 Å². The number of hydrogen-bond acceptors (Lipinski definition) is 7. The monoisotopic (exact) mass is 376 g/mol. The highest BCUT2D eigenvalue weighted by molar-refractivity contribution is 6.02. The molecular formula is C19H16N6O3. The van der Waals surface area contributed by atoms with Crippen LogP contribution < -0.4 is 10.1 Å². The Bertz CT molecular complexity index is 1090. The van der Waals surface area contributed by atoms with E-state index in [0.29, 0.717) is 23.1 Å². The van der Waals surface area contributed by atoms with Crippen molar-refractivity contribution in [1.82, 2.24) is 25.1 Å². The quantitative estimate of drug-likeness (QED) is 0.569. The standard InChI is InChI=1S/C19H16N6O3/c1-12-11-13(2)25(24-12)17-7-8-18(23-22-17)27-15-5-3-14(4-6-15)21-19(26)16-9-10-20-28-16/h3-11H,1-2H3,(H,21,26). The average Bonchev–Trinajstić information content (AvgIpc) is 3.34. The molecule has 0 unspecified atom stereocenters. The molecule has 0 saturated heterocycles. The van der Waals surface area contributed by atoms with Crippen molar-refractivity contribution in [3.63, 3.8) is 0 Å². The second-order valence-electron chi connectivity index (χ2n) is 6.03. The molecule has 0 radical (unpaired) electrons. The van der Waals surface area contributed by atoms with E-state index in [4.69, 9.17) is 9.26 Å². The molecule has 1 N–H and O–H groups in total. The number of ether oxygens (including phenoxy) is 1. The molecule has 0 bridgehead atoms. The van der Waals surface area contributed by atoms with E-state index < -0.39 is 0 Å². The number of carbonyl (C=O) groups excluding carboxylic acids is 1. The fourth-order valence-corrected chi connectivity index (χ4v) is 2.59. The van der Waals surface area contributed by atoms with Crippen LogP contribution >= 0.6 is 0 Å². The number of amides is 1. The van der Waals surface area contributed by atoms with Crippen LogP contribution in [0.3, 0.4) is 0 Å². The van der Waals surface area contributed by atoms with Crippen molar-refractivity contribution in [2.75, 3.05) is 5.32 Å². The van der Waals surface area contributed by atoms with Gasteiger partial charge in [0.2, 0.25) is 11.6 Å². The average molecular weight is 376 g/mol. The van der Waals surface area contributed by atoms with Crippen molar-refractivity contribution in [3.8, 4) is 17.4 Å². The summed E-state index contributed by atoms with van der Waals surface area (Å²) in [6, 6.07) is 13.8. The molecule has 0 atom stereocenters. The van der Waals surface area contributed by atoms with Gasteiger partial charge in [-0.1, -0.05) is 5.16 Å². The molecule has 9 heteroatoms. The molecule has 0 aliphatic carbocycles. The number of nitrogens with zero attached hydrogens (tertiary/aromatic N) is 5. The Labute approximate surface area is 160 Å². The molecule has 1 aromatic carbocycles. The third-order valence-electron chi connectivity index (χ3n) is 3.85. The first-order valence-electron chi connectivity index (χ1n) is 8.46. The van der Waals surface area contributed by atoms with E-state index in [9.17, 15) is 4.79 Å². The Hall–Kier alpha value is -4.01. The van der Waals surface area contributed by atoms with Gasteiger partial charge in [-0.25, -0.2) is 4.68 Å². The van der Waals surface area contributed by atoms with Crippen molar-refractivity contribution in [2.24, 2.45) is 0 Å². The molecule has 0 aliphatic heterocycles. The van der Waals surface area contributed by atoms with Crippen LogP contribution in [0.15, 0.2) is 59.3 Å². The third kappa shape index (κ3) is 3.73. The third-order valence-corrected chi connectivity index (χ3v) is 3.85. The van der Waals surface area contributed by atoms with Gasteiger partial charge in [-0.2, -0.15) is 5.10 Å². The molecular weight excluding hydrogens is 360 g/mol. The van der Waals surface area contributed by atoms with Crippen LogP contribution in [-0.4, -0.2) is 31.0 Å². The first-order valence-corrected chi connectivity index (χ1v) is 8.46. The van der Waals surface area contributed by atoms with Gasteiger partial charge < -0.3 is 14.6 Å². The summed E-state index contributed by atoms with van der Waals surface area (Å²) in [6.07, 6.45) is 1.41. The maximum Gasteiger partial charge on any atom is 0.294 e. The largest absolute Gasteiger partial charge is 0.438 e. The minimum absolute atomic E-state index is 0.137. The normalized spacial score (nSPS) is 10.6. The molecule has 3 aromatic heterocycles. The van der Waals surface area contributed by atoms with Crippen LogP contribution in [0.2, 0.25) is 0 Å². The molecule has 1 amide bonds. The van der Waals surface area contributed by atoms with Crippen LogP contribution in [0, 0.1) is 13.8 Å². The van der Waals surface area contributed by atoms with Crippen LogP contribution in [0.25, 0.3) is 5.82 Å². The Morgan fingerprint density at radius 2 is 1.89 bits per heavy atom. The second-order valence-corrected chi connectivity index (χ2v) is 6.03. The van der Waals surface area contributed by atoms with Gasteiger partial charge in [-0.3, -0.25) is 4.79 Å².